The van der Waals surface area contributed by atoms with Crippen LogP contribution in [-0.4, -0.2) is 35.0 Å². The van der Waals surface area contributed by atoms with Crippen LogP contribution in [0.4, 0.5) is 0 Å². The number of tetrazole rings is 1. The number of nitrogens with one attached hydrogen (secondary N) is 1. The third-order valence-electron chi connectivity index (χ3n) is 7.10. The Labute approximate surface area is 225 Å². The Morgan fingerprint density at radius 2 is 1.47 bits per heavy atom. The molecule has 0 atom stereocenters. The number of hydrogen-bond acceptors (Lipinski definition) is 5. The average molecular weight is 516 g/mol. The summed E-state index contributed by atoms with van der Waals surface area (Å²) in [6, 6.07) is 16.4. The molecular weight excluding hydrogens is 474 g/mol. The zero-order valence-corrected chi connectivity index (χ0v) is 22.9. The summed E-state index contributed by atoms with van der Waals surface area (Å²) in [7, 11) is 0. The Morgan fingerprint density at radius 3 is 2.16 bits per heavy atom. The van der Waals surface area contributed by atoms with Crippen LogP contribution in [0.1, 0.15) is 89.4 Å². The topological polar surface area (TPSA) is 94.3 Å². The SMILES string of the molecule is CCCCCCCc1nn(CCCCCCC)c(=O)n1Cc1ccc(-c2ccccc2-c2nn[nH]n2)cc1. The Bertz CT molecular complexity index is 1290. The van der Waals surface area contributed by atoms with Crippen molar-refractivity contribution in [2.24, 2.45) is 0 Å². The highest BCUT2D eigenvalue weighted by Gasteiger charge is 2.15. The number of rotatable bonds is 16. The second kappa shape index (κ2) is 14.4. The molecule has 0 spiro atoms. The Morgan fingerprint density at radius 1 is 0.789 bits per heavy atom. The van der Waals surface area contributed by atoms with Gasteiger partial charge >= 0.3 is 5.69 Å². The molecule has 8 nitrogen and oxygen atoms in total. The summed E-state index contributed by atoms with van der Waals surface area (Å²) in [5.74, 6) is 1.48. The van der Waals surface area contributed by atoms with Crippen LogP contribution < -0.4 is 5.69 Å². The van der Waals surface area contributed by atoms with Crippen LogP contribution in [0.15, 0.2) is 53.3 Å². The maximum atomic E-state index is 13.4. The number of aromatic nitrogens is 7. The van der Waals surface area contributed by atoms with Gasteiger partial charge in [-0.1, -0.05) is 114 Å². The van der Waals surface area contributed by atoms with Crippen molar-refractivity contribution >= 4 is 0 Å². The summed E-state index contributed by atoms with van der Waals surface area (Å²) < 4.78 is 3.58. The van der Waals surface area contributed by atoms with Crippen LogP contribution in [0.2, 0.25) is 0 Å². The molecule has 0 saturated carbocycles. The number of H-pyrrole nitrogens is 1. The first-order chi connectivity index (χ1) is 18.7. The third-order valence-corrected chi connectivity index (χ3v) is 7.10. The predicted octanol–water partition coefficient (Wildman–Crippen LogP) is 6.42. The molecule has 0 fully saturated rings. The molecule has 0 radical (unpaired) electrons. The Balaban J connectivity index is 1.50. The van der Waals surface area contributed by atoms with E-state index in [1.807, 2.05) is 22.8 Å². The lowest BCUT2D eigenvalue weighted by Gasteiger charge is -2.09. The van der Waals surface area contributed by atoms with Crippen LogP contribution in [0, 0.1) is 0 Å². The molecule has 4 aromatic rings. The lowest BCUT2D eigenvalue weighted by atomic mass is 9.98. The molecule has 38 heavy (non-hydrogen) atoms. The maximum absolute atomic E-state index is 13.4. The van der Waals surface area contributed by atoms with Crippen LogP contribution >= 0.6 is 0 Å². The van der Waals surface area contributed by atoms with Crippen molar-refractivity contribution in [3.63, 3.8) is 0 Å². The zero-order valence-electron chi connectivity index (χ0n) is 22.9. The van der Waals surface area contributed by atoms with E-state index in [-0.39, 0.29) is 5.69 Å². The molecule has 8 heteroatoms. The summed E-state index contributed by atoms with van der Waals surface area (Å²) in [4.78, 5) is 13.4. The van der Waals surface area contributed by atoms with E-state index in [1.54, 1.807) is 4.68 Å². The summed E-state index contributed by atoms with van der Waals surface area (Å²) in [5.41, 5.74) is 4.13. The number of aromatic amines is 1. The van der Waals surface area contributed by atoms with Crippen molar-refractivity contribution in [3.05, 3.63) is 70.4 Å². The van der Waals surface area contributed by atoms with E-state index < -0.39 is 0 Å². The van der Waals surface area contributed by atoms with Crippen molar-refractivity contribution in [1.82, 2.24) is 35.0 Å². The summed E-state index contributed by atoms with van der Waals surface area (Å²) in [6.45, 7) is 5.68. The average Bonchev–Trinajstić information content (AvgIpc) is 3.58. The summed E-state index contributed by atoms with van der Waals surface area (Å²) >= 11 is 0. The molecule has 0 aliphatic rings. The van der Waals surface area contributed by atoms with Gasteiger partial charge in [-0.05, 0) is 34.7 Å². The minimum atomic E-state index is 0.00979. The molecule has 0 aliphatic heterocycles. The molecule has 0 unspecified atom stereocenters. The molecule has 2 aromatic heterocycles. The van der Waals surface area contributed by atoms with Crippen LogP contribution in [0.3, 0.4) is 0 Å². The predicted molar refractivity (Wildman–Crippen MR) is 152 cm³/mol. The largest absolute Gasteiger partial charge is 0.346 e. The number of hydrogen-bond donors (Lipinski definition) is 1. The van der Waals surface area contributed by atoms with Gasteiger partial charge in [0.25, 0.3) is 0 Å². The fraction of sp³-hybridized carbons (Fsp3) is 0.500. The van der Waals surface area contributed by atoms with Crippen molar-refractivity contribution in [1.29, 1.82) is 0 Å². The molecule has 2 aromatic carbocycles. The normalized spacial score (nSPS) is 11.3. The Hall–Kier alpha value is -3.55. The molecule has 0 aliphatic carbocycles. The molecule has 0 saturated heterocycles. The monoisotopic (exact) mass is 515 g/mol. The van der Waals surface area contributed by atoms with E-state index in [0.717, 1.165) is 53.8 Å². The number of aryl methyl sites for hydroxylation is 2. The first-order valence-corrected chi connectivity index (χ1v) is 14.3. The lowest BCUT2D eigenvalue weighted by molar-refractivity contribution is 0.514. The first kappa shape index (κ1) is 27.5. The molecule has 0 amide bonds. The van der Waals surface area contributed by atoms with Crippen LogP contribution in [0.5, 0.6) is 0 Å². The van der Waals surface area contributed by atoms with E-state index in [0.29, 0.717) is 18.9 Å². The highest BCUT2D eigenvalue weighted by Crippen LogP contribution is 2.29. The number of unbranched alkanes of at least 4 members (excludes halogenated alkanes) is 8. The van der Waals surface area contributed by atoms with E-state index >= 15 is 0 Å². The second-order valence-corrected chi connectivity index (χ2v) is 10.1. The molecule has 1 N–H and O–H groups in total. The molecule has 202 valence electrons. The zero-order chi connectivity index (χ0) is 26.6. The van der Waals surface area contributed by atoms with Gasteiger partial charge in [-0.25, -0.2) is 9.48 Å². The van der Waals surface area contributed by atoms with Crippen molar-refractivity contribution in [3.8, 4) is 22.5 Å². The lowest BCUT2D eigenvalue weighted by Crippen LogP contribution is -2.26. The van der Waals surface area contributed by atoms with Gasteiger partial charge in [-0.2, -0.15) is 10.3 Å². The molecule has 0 bridgehead atoms. The van der Waals surface area contributed by atoms with E-state index in [4.69, 9.17) is 5.10 Å². The first-order valence-electron chi connectivity index (χ1n) is 14.3. The standard InChI is InChI=1S/C30H41N7O/c1-3-5-7-9-11-17-28-33-37(22-14-10-8-6-4-2)30(38)36(28)23-24-18-20-25(21-19-24)26-15-12-13-16-27(26)29-31-34-35-32-29/h12-13,15-16,18-21H,3-11,14,17,22-23H2,1-2H3,(H,31,32,34,35). The van der Waals surface area contributed by atoms with Gasteiger partial charge in [0.1, 0.15) is 5.82 Å². The quantitative estimate of drug-likeness (QED) is 0.174. The van der Waals surface area contributed by atoms with Gasteiger partial charge < -0.3 is 0 Å². The molecular formula is C30H41N7O. The van der Waals surface area contributed by atoms with Gasteiger partial charge in [0.05, 0.1) is 6.54 Å². The van der Waals surface area contributed by atoms with E-state index in [1.165, 1.54) is 44.9 Å². The fourth-order valence-electron chi connectivity index (χ4n) is 4.91. The van der Waals surface area contributed by atoms with Crippen molar-refractivity contribution in [2.75, 3.05) is 0 Å². The van der Waals surface area contributed by atoms with Crippen molar-refractivity contribution < 1.29 is 0 Å². The van der Waals surface area contributed by atoms with E-state index in [9.17, 15) is 4.79 Å². The maximum Gasteiger partial charge on any atom is 0.346 e. The van der Waals surface area contributed by atoms with Crippen LogP contribution in [-0.2, 0) is 19.5 Å². The van der Waals surface area contributed by atoms with Gasteiger partial charge in [0, 0.05) is 18.5 Å². The number of nitrogens with zero attached hydrogens (tertiary/aromatic N) is 6. The van der Waals surface area contributed by atoms with E-state index in [2.05, 4.69) is 64.8 Å². The minimum Gasteiger partial charge on any atom is -0.274 e. The molecule has 2 heterocycles. The third kappa shape index (κ3) is 7.27. The minimum absolute atomic E-state index is 0.00979. The van der Waals surface area contributed by atoms with Crippen LogP contribution in [0.25, 0.3) is 22.5 Å². The highest BCUT2D eigenvalue weighted by atomic mass is 16.2. The highest BCUT2D eigenvalue weighted by molar-refractivity contribution is 5.80. The van der Waals surface area contributed by atoms with Gasteiger partial charge in [0.2, 0.25) is 5.82 Å². The van der Waals surface area contributed by atoms with Crippen molar-refractivity contribution in [2.45, 2.75) is 97.6 Å². The summed E-state index contributed by atoms with van der Waals surface area (Å²) in [6.07, 6.45) is 12.7. The molecule has 4 rings (SSSR count). The summed E-state index contributed by atoms with van der Waals surface area (Å²) in [5, 5.41) is 19.3. The second-order valence-electron chi connectivity index (χ2n) is 10.1. The Kier molecular flexibility index (Phi) is 10.4. The number of benzene rings is 2. The van der Waals surface area contributed by atoms with Gasteiger partial charge in [-0.15, -0.1) is 10.2 Å². The van der Waals surface area contributed by atoms with Gasteiger partial charge in [-0.3, -0.25) is 4.57 Å². The smallest absolute Gasteiger partial charge is 0.274 e. The fourth-order valence-corrected chi connectivity index (χ4v) is 4.91. The van der Waals surface area contributed by atoms with Gasteiger partial charge in [0.15, 0.2) is 0 Å².